The van der Waals surface area contributed by atoms with Crippen LogP contribution in [0.15, 0.2) is 0 Å². The van der Waals surface area contributed by atoms with Crippen molar-refractivity contribution in [2.45, 2.75) is 47.1 Å². The van der Waals surface area contributed by atoms with Crippen molar-refractivity contribution in [3.63, 3.8) is 0 Å². The molecule has 1 aromatic heterocycles. The number of methoxy groups -OCH3 is 1. The lowest BCUT2D eigenvalue weighted by Crippen LogP contribution is -2.21. The monoisotopic (exact) mass is 253 g/mol. The molecule has 0 radical (unpaired) electrons. The number of aromatic nitrogens is 2. The van der Waals surface area contributed by atoms with Gasteiger partial charge in [-0.3, -0.25) is 0 Å². The molecule has 102 valence electrons. The highest BCUT2D eigenvalue weighted by Crippen LogP contribution is 2.26. The maximum Gasteiger partial charge on any atom is 0.360 e. The van der Waals surface area contributed by atoms with Crippen LogP contribution in [-0.2, 0) is 17.7 Å². The Balaban J connectivity index is 3.18. The molecule has 0 unspecified atom stereocenters. The molecule has 1 aromatic rings. The maximum absolute atomic E-state index is 11.6. The molecule has 0 aliphatic heterocycles. The Bertz CT molecular complexity index is 436. The maximum atomic E-state index is 11.6. The number of imidazole rings is 1. The molecule has 5 heteroatoms. The average Bonchev–Trinajstić information content (AvgIpc) is 2.65. The summed E-state index contributed by atoms with van der Waals surface area (Å²) in [7, 11) is 1.34. The number of rotatable bonds is 5. The standard InChI is InChI=1S/C13H23N3O2/c1-6-9-15-10(12(17)18-5)11(14)16(9)8-13(3,4)7-2/h6-8,14H2,1-5H3. The van der Waals surface area contributed by atoms with Gasteiger partial charge in [0.15, 0.2) is 5.69 Å². The number of hydrogen-bond donors (Lipinski definition) is 1. The number of nitrogens with zero attached hydrogens (tertiary/aromatic N) is 2. The molecule has 0 saturated carbocycles. The van der Waals surface area contributed by atoms with Gasteiger partial charge in [-0.25, -0.2) is 9.78 Å². The van der Waals surface area contributed by atoms with Crippen molar-refractivity contribution in [1.29, 1.82) is 0 Å². The fraction of sp³-hybridized carbons (Fsp3) is 0.692. The van der Waals surface area contributed by atoms with E-state index in [1.165, 1.54) is 7.11 Å². The molecule has 0 saturated heterocycles. The smallest absolute Gasteiger partial charge is 0.360 e. The van der Waals surface area contributed by atoms with Gasteiger partial charge in [0.2, 0.25) is 0 Å². The Morgan fingerprint density at radius 1 is 1.44 bits per heavy atom. The van der Waals surface area contributed by atoms with Crippen molar-refractivity contribution < 1.29 is 9.53 Å². The first-order valence-electron chi connectivity index (χ1n) is 6.29. The lowest BCUT2D eigenvalue weighted by atomic mass is 9.90. The summed E-state index contributed by atoms with van der Waals surface area (Å²) in [5.74, 6) is 0.755. The second kappa shape index (κ2) is 5.42. The zero-order valence-corrected chi connectivity index (χ0v) is 11.9. The van der Waals surface area contributed by atoms with Crippen LogP contribution in [0.5, 0.6) is 0 Å². The number of esters is 1. The third-order valence-electron chi connectivity index (χ3n) is 3.32. The van der Waals surface area contributed by atoms with Crippen LogP contribution < -0.4 is 5.73 Å². The van der Waals surface area contributed by atoms with Crippen molar-refractivity contribution in [2.75, 3.05) is 12.8 Å². The Labute approximate surface area is 108 Å². The molecule has 0 aliphatic rings. The number of anilines is 1. The summed E-state index contributed by atoms with van der Waals surface area (Å²) in [5.41, 5.74) is 6.36. The van der Waals surface area contributed by atoms with Crippen molar-refractivity contribution in [1.82, 2.24) is 9.55 Å². The second-order valence-electron chi connectivity index (χ2n) is 5.21. The quantitative estimate of drug-likeness (QED) is 0.817. The Hall–Kier alpha value is -1.52. The average molecular weight is 253 g/mol. The summed E-state index contributed by atoms with van der Waals surface area (Å²) in [6.45, 7) is 9.23. The van der Waals surface area contributed by atoms with Crippen LogP contribution in [0.2, 0.25) is 0 Å². The zero-order chi connectivity index (χ0) is 13.9. The SMILES string of the molecule is CCc1nc(C(=O)OC)c(N)n1CC(C)(C)CC. The molecule has 0 spiro atoms. The molecule has 0 fully saturated rings. The number of aryl methyl sites for hydroxylation is 1. The van der Waals surface area contributed by atoms with E-state index in [0.29, 0.717) is 5.82 Å². The van der Waals surface area contributed by atoms with E-state index in [1.807, 2.05) is 11.5 Å². The fourth-order valence-corrected chi connectivity index (χ4v) is 1.75. The predicted molar refractivity (Wildman–Crippen MR) is 71.4 cm³/mol. The van der Waals surface area contributed by atoms with E-state index in [9.17, 15) is 4.79 Å². The van der Waals surface area contributed by atoms with E-state index in [-0.39, 0.29) is 11.1 Å². The molecule has 0 bridgehead atoms. The van der Waals surface area contributed by atoms with Gasteiger partial charge < -0.3 is 15.0 Å². The van der Waals surface area contributed by atoms with Crippen molar-refractivity contribution in [3.05, 3.63) is 11.5 Å². The minimum Gasteiger partial charge on any atom is -0.464 e. The van der Waals surface area contributed by atoms with Crippen molar-refractivity contribution in [2.24, 2.45) is 5.41 Å². The summed E-state index contributed by atoms with van der Waals surface area (Å²) >= 11 is 0. The van der Waals surface area contributed by atoms with Crippen LogP contribution in [0.1, 0.15) is 50.4 Å². The highest BCUT2D eigenvalue weighted by molar-refractivity contribution is 5.92. The van der Waals surface area contributed by atoms with Gasteiger partial charge in [0.25, 0.3) is 0 Å². The molecule has 1 rings (SSSR count). The van der Waals surface area contributed by atoms with E-state index in [2.05, 4.69) is 25.8 Å². The van der Waals surface area contributed by atoms with Gasteiger partial charge in [-0.15, -0.1) is 0 Å². The number of hydrogen-bond acceptors (Lipinski definition) is 4. The van der Waals surface area contributed by atoms with Crippen LogP contribution in [0.4, 0.5) is 5.82 Å². The fourth-order valence-electron chi connectivity index (χ4n) is 1.75. The number of carbonyl (C=O) groups excluding carboxylic acids is 1. The zero-order valence-electron chi connectivity index (χ0n) is 11.9. The third kappa shape index (κ3) is 2.83. The third-order valence-corrected chi connectivity index (χ3v) is 3.32. The number of nitrogen functional groups attached to an aromatic ring is 1. The van der Waals surface area contributed by atoms with Gasteiger partial charge in [0.1, 0.15) is 11.6 Å². The largest absolute Gasteiger partial charge is 0.464 e. The van der Waals surface area contributed by atoms with Crippen LogP contribution in [0.3, 0.4) is 0 Å². The summed E-state index contributed by atoms with van der Waals surface area (Å²) in [5, 5.41) is 0. The molecule has 0 amide bonds. The van der Waals surface area contributed by atoms with Gasteiger partial charge in [-0.2, -0.15) is 0 Å². The van der Waals surface area contributed by atoms with Gasteiger partial charge in [0, 0.05) is 13.0 Å². The van der Waals surface area contributed by atoms with E-state index >= 15 is 0 Å². The molecular formula is C13H23N3O2. The lowest BCUT2D eigenvalue weighted by molar-refractivity contribution is 0.0595. The summed E-state index contributed by atoms with van der Waals surface area (Å²) in [6.07, 6.45) is 1.77. The van der Waals surface area contributed by atoms with Crippen LogP contribution >= 0.6 is 0 Å². The highest BCUT2D eigenvalue weighted by atomic mass is 16.5. The summed E-state index contributed by atoms with van der Waals surface area (Å²) in [6, 6.07) is 0. The van der Waals surface area contributed by atoms with E-state index in [4.69, 9.17) is 10.5 Å². The van der Waals surface area contributed by atoms with Gasteiger partial charge in [-0.1, -0.05) is 27.7 Å². The Morgan fingerprint density at radius 3 is 2.50 bits per heavy atom. The van der Waals surface area contributed by atoms with Gasteiger partial charge >= 0.3 is 5.97 Å². The van der Waals surface area contributed by atoms with Crippen molar-refractivity contribution in [3.8, 4) is 0 Å². The molecule has 5 nitrogen and oxygen atoms in total. The minimum absolute atomic E-state index is 0.117. The first kappa shape index (κ1) is 14.5. The molecule has 1 heterocycles. The molecular weight excluding hydrogens is 230 g/mol. The van der Waals surface area contributed by atoms with Gasteiger partial charge in [0.05, 0.1) is 7.11 Å². The number of nitrogens with two attached hydrogens (primary N) is 1. The van der Waals surface area contributed by atoms with E-state index < -0.39 is 5.97 Å². The molecule has 0 atom stereocenters. The first-order chi connectivity index (χ1) is 8.36. The normalized spacial score (nSPS) is 11.6. The minimum atomic E-state index is -0.477. The summed E-state index contributed by atoms with van der Waals surface area (Å²) in [4.78, 5) is 15.9. The molecule has 0 aliphatic carbocycles. The topological polar surface area (TPSA) is 70.1 Å². The van der Waals surface area contributed by atoms with Gasteiger partial charge in [-0.05, 0) is 11.8 Å². The number of ether oxygens (including phenoxy) is 1. The molecule has 0 aromatic carbocycles. The second-order valence-corrected chi connectivity index (χ2v) is 5.21. The summed E-state index contributed by atoms with van der Waals surface area (Å²) < 4.78 is 6.62. The van der Waals surface area contributed by atoms with Crippen LogP contribution in [-0.4, -0.2) is 22.6 Å². The first-order valence-corrected chi connectivity index (χ1v) is 6.29. The Morgan fingerprint density at radius 2 is 2.06 bits per heavy atom. The molecule has 2 N–H and O–H groups in total. The van der Waals surface area contributed by atoms with E-state index in [0.717, 1.165) is 25.2 Å². The van der Waals surface area contributed by atoms with Crippen LogP contribution in [0, 0.1) is 5.41 Å². The molecule has 18 heavy (non-hydrogen) atoms. The Kier molecular flexibility index (Phi) is 4.38. The highest BCUT2D eigenvalue weighted by Gasteiger charge is 2.24. The van der Waals surface area contributed by atoms with Crippen molar-refractivity contribution >= 4 is 11.8 Å². The van der Waals surface area contributed by atoms with Crippen LogP contribution in [0.25, 0.3) is 0 Å². The number of carbonyl (C=O) groups is 1. The van der Waals surface area contributed by atoms with E-state index in [1.54, 1.807) is 0 Å². The predicted octanol–water partition coefficient (Wildman–Crippen LogP) is 2.25. The lowest BCUT2D eigenvalue weighted by Gasteiger charge is -2.24.